The molecule has 1 aromatic rings. The second-order valence-corrected chi connectivity index (χ2v) is 5.60. The van der Waals surface area contributed by atoms with Gasteiger partial charge in [-0.15, -0.1) is 0 Å². The summed E-state index contributed by atoms with van der Waals surface area (Å²) in [6.07, 6.45) is 2.78. The second kappa shape index (κ2) is 6.51. The van der Waals surface area contributed by atoms with Crippen molar-refractivity contribution in [2.45, 2.75) is 31.4 Å². The number of nitrogens with zero attached hydrogens (tertiary/aromatic N) is 2. The summed E-state index contributed by atoms with van der Waals surface area (Å²) in [6.45, 7) is 5.40. The lowest BCUT2D eigenvalue weighted by Gasteiger charge is -2.19. The maximum absolute atomic E-state index is 11.5. The Kier molecular flexibility index (Phi) is 5.29. The van der Waals surface area contributed by atoms with Crippen molar-refractivity contribution >= 4 is 23.7 Å². The summed E-state index contributed by atoms with van der Waals surface area (Å²) in [6, 6.07) is 0. The van der Waals surface area contributed by atoms with Gasteiger partial charge in [-0.2, -0.15) is 0 Å². The lowest BCUT2D eigenvalue weighted by atomic mass is 10.2. The summed E-state index contributed by atoms with van der Waals surface area (Å²) in [5.41, 5.74) is -0.409. The number of hydrogen-bond acceptors (Lipinski definition) is 7. The molecule has 1 heterocycles. The van der Waals surface area contributed by atoms with Crippen LogP contribution < -0.4 is 0 Å². The van der Waals surface area contributed by atoms with Crippen molar-refractivity contribution in [2.75, 3.05) is 12.9 Å². The van der Waals surface area contributed by atoms with E-state index in [1.165, 1.54) is 19.5 Å². The van der Waals surface area contributed by atoms with Crippen LogP contribution in [-0.4, -0.2) is 40.4 Å². The Morgan fingerprint density at radius 3 is 2.58 bits per heavy atom. The summed E-state index contributed by atoms with van der Waals surface area (Å²) in [5.74, 6) is -0.800. The number of carbonyl (C=O) groups is 2. The van der Waals surface area contributed by atoms with Gasteiger partial charge in [-0.1, -0.05) is 11.8 Å². The highest BCUT2D eigenvalue weighted by Crippen LogP contribution is 2.16. The van der Waals surface area contributed by atoms with Gasteiger partial charge in [0.1, 0.15) is 10.6 Å². The number of carbonyl (C=O) groups excluding carboxylic acids is 2. The third-order valence-corrected chi connectivity index (χ3v) is 2.64. The first-order valence-corrected chi connectivity index (χ1v) is 6.55. The highest BCUT2D eigenvalue weighted by Gasteiger charge is 2.17. The Morgan fingerprint density at radius 1 is 1.32 bits per heavy atom. The van der Waals surface area contributed by atoms with E-state index in [1.807, 2.05) is 0 Å². The molecule has 104 valence electrons. The molecule has 1 rings (SSSR count). The van der Waals surface area contributed by atoms with Crippen molar-refractivity contribution in [1.29, 1.82) is 0 Å². The molecule has 6 nitrogen and oxygen atoms in total. The molecule has 0 fully saturated rings. The number of hydrogen-bond donors (Lipinski definition) is 0. The topological polar surface area (TPSA) is 78.4 Å². The van der Waals surface area contributed by atoms with E-state index in [0.29, 0.717) is 5.03 Å². The number of thioether (sulfide) groups is 1. The maximum atomic E-state index is 11.5. The summed E-state index contributed by atoms with van der Waals surface area (Å²) in [7, 11) is 1.27. The SMILES string of the molecule is COC(=O)c1cncc(SCC(=O)OC(C)(C)C)n1. The molecule has 0 atom stereocenters. The van der Waals surface area contributed by atoms with E-state index < -0.39 is 11.6 Å². The molecule has 0 amide bonds. The van der Waals surface area contributed by atoms with Gasteiger partial charge in [0.2, 0.25) is 0 Å². The highest BCUT2D eigenvalue weighted by molar-refractivity contribution is 7.99. The fourth-order valence-corrected chi connectivity index (χ4v) is 1.75. The molecule has 0 saturated heterocycles. The first-order chi connectivity index (χ1) is 8.81. The molecule has 0 aromatic carbocycles. The Morgan fingerprint density at radius 2 is 2.00 bits per heavy atom. The highest BCUT2D eigenvalue weighted by atomic mass is 32.2. The zero-order valence-corrected chi connectivity index (χ0v) is 12.1. The van der Waals surface area contributed by atoms with Crippen molar-refractivity contribution in [3.63, 3.8) is 0 Å². The predicted molar refractivity (Wildman–Crippen MR) is 69.9 cm³/mol. The summed E-state index contributed by atoms with van der Waals surface area (Å²) >= 11 is 1.16. The first-order valence-electron chi connectivity index (χ1n) is 5.57. The quantitative estimate of drug-likeness (QED) is 0.615. The number of ether oxygens (including phenoxy) is 2. The van der Waals surface area contributed by atoms with Crippen LogP contribution in [0.5, 0.6) is 0 Å². The molecule has 0 spiro atoms. The van der Waals surface area contributed by atoms with Gasteiger partial charge in [0.15, 0.2) is 5.69 Å². The van der Waals surface area contributed by atoms with Gasteiger partial charge in [0.25, 0.3) is 0 Å². The van der Waals surface area contributed by atoms with Gasteiger partial charge in [-0.05, 0) is 20.8 Å². The van der Waals surface area contributed by atoms with Crippen LogP contribution in [0.2, 0.25) is 0 Å². The third-order valence-electron chi connectivity index (χ3n) is 1.76. The number of aromatic nitrogens is 2. The van der Waals surface area contributed by atoms with Gasteiger partial charge >= 0.3 is 11.9 Å². The Balaban J connectivity index is 2.59. The molecule has 7 heteroatoms. The lowest BCUT2D eigenvalue weighted by Crippen LogP contribution is -2.24. The molecule has 0 aliphatic rings. The molecule has 19 heavy (non-hydrogen) atoms. The van der Waals surface area contributed by atoms with E-state index in [-0.39, 0.29) is 17.4 Å². The Hall–Kier alpha value is -1.63. The molecule has 1 aromatic heterocycles. The van der Waals surface area contributed by atoms with Gasteiger partial charge in [-0.3, -0.25) is 9.78 Å². The fraction of sp³-hybridized carbons (Fsp3) is 0.500. The molecule has 0 N–H and O–H groups in total. The van der Waals surface area contributed by atoms with Gasteiger partial charge in [0.05, 0.1) is 25.3 Å². The minimum absolute atomic E-state index is 0.108. The summed E-state index contributed by atoms with van der Waals surface area (Å²) < 4.78 is 9.70. The van der Waals surface area contributed by atoms with Crippen LogP contribution in [0.4, 0.5) is 0 Å². The fourth-order valence-electron chi connectivity index (χ4n) is 1.12. The molecule has 0 aliphatic carbocycles. The summed E-state index contributed by atoms with van der Waals surface area (Å²) in [4.78, 5) is 30.7. The zero-order valence-electron chi connectivity index (χ0n) is 11.3. The van der Waals surface area contributed by atoms with Crippen molar-refractivity contribution < 1.29 is 19.1 Å². The van der Waals surface area contributed by atoms with E-state index >= 15 is 0 Å². The van der Waals surface area contributed by atoms with Crippen LogP contribution in [0.25, 0.3) is 0 Å². The number of esters is 2. The normalized spacial score (nSPS) is 10.9. The van der Waals surface area contributed by atoms with Crippen LogP contribution in [-0.2, 0) is 14.3 Å². The van der Waals surface area contributed by atoms with Crippen LogP contribution in [0.15, 0.2) is 17.4 Å². The molecular formula is C12H16N2O4S. The maximum Gasteiger partial charge on any atom is 0.358 e. The number of rotatable bonds is 4. The van der Waals surface area contributed by atoms with Crippen LogP contribution in [0, 0.1) is 0 Å². The van der Waals surface area contributed by atoms with Crippen molar-refractivity contribution in [2.24, 2.45) is 0 Å². The summed E-state index contributed by atoms with van der Waals surface area (Å²) in [5, 5.41) is 0.466. The third kappa shape index (κ3) is 5.69. The van der Waals surface area contributed by atoms with Crippen molar-refractivity contribution in [3.05, 3.63) is 18.1 Å². The van der Waals surface area contributed by atoms with Crippen LogP contribution >= 0.6 is 11.8 Å². The minimum atomic E-state index is -0.563. The smallest absolute Gasteiger partial charge is 0.358 e. The minimum Gasteiger partial charge on any atom is -0.464 e. The average molecular weight is 284 g/mol. The predicted octanol–water partition coefficient (Wildman–Crippen LogP) is 1.70. The van der Waals surface area contributed by atoms with E-state index in [4.69, 9.17) is 4.74 Å². The average Bonchev–Trinajstić information content (AvgIpc) is 2.34. The van der Waals surface area contributed by atoms with Gasteiger partial charge in [0, 0.05) is 0 Å². The molecule has 0 bridgehead atoms. The lowest BCUT2D eigenvalue weighted by molar-refractivity contribution is -0.151. The molecule has 0 aliphatic heterocycles. The van der Waals surface area contributed by atoms with E-state index in [2.05, 4.69) is 14.7 Å². The Labute approximate surface area is 115 Å². The van der Waals surface area contributed by atoms with Crippen LogP contribution in [0.1, 0.15) is 31.3 Å². The molecule has 0 unspecified atom stereocenters. The van der Waals surface area contributed by atoms with Gasteiger partial charge in [-0.25, -0.2) is 9.78 Å². The monoisotopic (exact) mass is 284 g/mol. The van der Waals surface area contributed by atoms with Crippen LogP contribution in [0.3, 0.4) is 0 Å². The van der Waals surface area contributed by atoms with E-state index in [9.17, 15) is 9.59 Å². The number of methoxy groups -OCH3 is 1. The van der Waals surface area contributed by atoms with Crippen molar-refractivity contribution in [3.8, 4) is 0 Å². The van der Waals surface area contributed by atoms with Gasteiger partial charge < -0.3 is 9.47 Å². The Bertz CT molecular complexity index is 471. The zero-order chi connectivity index (χ0) is 14.5. The standard InChI is InChI=1S/C12H16N2O4S/c1-12(2,3)18-10(15)7-19-9-6-13-5-8(14-9)11(16)17-4/h5-6H,7H2,1-4H3. The molecular weight excluding hydrogens is 268 g/mol. The molecule has 0 saturated carbocycles. The van der Waals surface area contributed by atoms with Crippen molar-refractivity contribution in [1.82, 2.24) is 9.97 Å². The second-order valence-electron chi connectivity index (χ2n) is 4.61. The van der Waals surface area contributed by atoms with E-state index in [1.54, 1.807) is 20.8 Å². The first kappa shape index (κ1) is 15.4. The molecule has 0 radical (unpaired) electrons. The van der Waals surface area contributed by atoms with E-state index in [0.717, 1.165) is 11.8 Å². The largest absolute Gasteiger partial charge is 0.464 e.